The number of fused-ring (bicyclic) bond motifs is 1. The van der Waals surface area contributed by atoms with E-state index in [9.17, 15) is 9.59 Å². The fourth-order valence-corrected chi connectivity index (χ4v) is 4.90. The molecular weight excluding hydrogens is 394 g/mol. The van der Waals surface area contributed by atoms with Gasteiger partial charge in [-0.15, -0.1) is 11.3 Å². The Hall–Kier alpha value is -2.73. The zero-order valence-electron chi connectivity index (χ0n) is 17.3. The zero-order chi connectivity index (χ0) is 20.9. The molecule has 0 spiro atoms. The molecule has 0 saturated carbocycles. The van der Waals surface area contributed by atoms with Crippen molar-refractivity contribution in [2.75, 3.05) is 18.4 Å². The summed E-state index contributed by atoms with van der Waals surface area (Å²) in [6, 6.07) is 13.7. The number of carbonyl (C=O) groups is 2. The Morgan fingerprint density at radius 1 is 1.07 bits per heavy atom. The molecule has 1 aliphatic rings. The summed E-state index contributed by atoms with van der Waals surface area (Å²) in [6.07, 6.45) is 5.24. The Bertz CT molecular complexity index is 1020. The second-order valence-corrected chi connectivity index (χ2v) is 8.92. The van der Waals surface area contributed by atoms with Gasteiger partial charge >= 0.3 is 0 Å². The molecule has 6 heteroatoms. The number of anilines is 1. The Kier molecular flexibility index (Phi) is 6.43. The summed E-state index contributed by atoms with van der Waals surface area (Å²) in [6.45, 7) is 3.55. The van der Waals surface area contributed by atoms with E-state index in [1.807, 2.05) is 48.2 Å². The molecule has 5 nitrogen and oxygen atoms in total. The number of hydrogen-bond acceptors (Lipinski definition) is 4. The number of rotatable bonds is 7. The van der Waals surface area contributed by atoms with Crippen LogP contribution in [0.5, 0.6) is 0 Å². The van der Waals surface area contributed by atoms with Crippen molar-refractivity contribution in [2.45, 2.75) is 45.4 Å². The summed E-state index contributed by atoms with van der Waals surface area (Å²) in [4.78, 5) is 31.7. The zero-order valence-corrected chi connectivity index (χ0v) is 18.1. The van der Waals surface area contributed by atoms with Crippen molar-refractivity contribution in [1.29, 1.82) is 0 Å². The van der Waals surface area contributed by atoms with E-state index in [0.717, 1.165) is 67.0 Å². The third kappa shape index (κ3) is 4.70. The Labute approximate surface area is 181 Å². The molecule has 0 unspecified atom stereocenters. The smallest absolute Gasteiger partial charge is 0.254 e. The van der Waals surface area contributed by atoms with Gasteiger partial charge in [-0.2, -0.15) is 0 Å². The second kappa shape index (κ2) is 9.39. The molecule has 1 fully saturated rings. The van der Waals surface area contributed by atoms with E-state index >= 15 is 0 Å². The van der Waals surface area contributed by atoms with Gasteiger partial charge in [-0.1, -0.05) is 18.2 Å². The number of aromatic nitrogens is 1. The molecular formula is C24H27N3O2S. The number of aryl methyl sites for hydroxylation is 1. The first kappa shape index (κ1) is 20.5. The molecule has 2 heterocycles. The van der Waals surface area contributed by atoms with Crippen LogP contribution < -0.4 is 5.32 Å². The maximum absolute atomic E-state index is 12.7. The number of amides is 2. The highest BCUT2D eigenvalue weighted by molar-refractivity contribution is 7.18. The van der Waals surface area contributed by atoms with E-state index in [2.05, 4.69) is 16.4 Å². The standard InChI is InChI=1S/C24H27N3O2S/c1-17-18(24(29)27-15-6-7-16-27)9-8-11-19(17)25-22(28)13-4-5-14-23-26-20-10-2-3-12-21(20)30-23/h2-3,8-12H,4-7,13-16H2,1H3,(H,25,28). The molecule has 1 aromatic heterocycles. The number of nitrogens with zero attached hydrogens (tertiary/aromatic N) is 2. The number of carbonyl (C=O) groups excluding carboxylic acids is 2. The van der Waals surface area contributed by atoms with Crippen LogP contribution in [0.1, 0.15) is 53.0 Å². The molecule has 2 aromatic carbocycles. The third-order valence-electron chi connectivity index (χ3n) is 5.61. The predicted octanol–water partition coefficient (Wildman–Crippen LogP) is 5.19. The lowest BCUT2D eigenvalue weighted by molar-refractivity contribution is -0.116. The molecule has 1 aliphatic heterocycles. The lowest BCUT2D eigenvalue weighted by atomic mass is 10.1. The average Bonchev–Trinajstić information content (AvgIpc) is 3.42. The molecule has 4 rings (SSSR count). The molecule has 0 bridgehead atoms. The van der Waals surface area contributed by atoms with Gasteiger partial charge in [0.05, 0.1) is 15.2 Å². The van der Waals surface area contributed by atoms with E-state index < -0.39 is 0 Å². The second-order valence-electron chi connectivity index (χ2n) is 7.81. The quantitative estimate of drug-likeness (QED) is 0.534. The van der Waals surface area contributed by atoms with Gasteiger partial charge in [0.2, 0.25) is 5.91 Å². The van der Waals surface area contributed by atoms with Gasteiger partial charge < -0.3 is 10.2 Å². The van der Waals surface area contributed by atoms with Gasteiger partial charge in [0, 0.05) is 30.8 Å². The highest BCUT2D eigenvalue weighted by atomic mass is 32.1. The van der Waals surface area contributed by atoms with Crippen LogP contribution >= 0.6 is 11.3 Å². The Balaban J connectivity index is 1.28. The van der Waals surface area contributed by atoms with Gasteiger partial charge in [0.15, 0.2) is 0 Å². The Morgan fingerprint density at radius 2 is 1.87 bits per heavy atom. The fourth-order valence-electron chi connectivity index (χ4n) is 3.89. The van der Waals surface area contributed by atoms with Gasteiger partial charge in [0.1, 0.15) is 0 Å². The molecule has 1 N–H and O–H groups in total. The van der Waals surface area contributed by atoms with Crippen LogP contribution in [0.2, 0.25) is 0 Å². The van der Waals surface area contributed by atoms with Crippen molar-refractivity contribution in [3.63, 3.8) is 0 Å². The number of hydrogen-bond donors (Lipinski definition) is 1. The van der Waals surface area contributed by atoms with Crippen molar-refractivity contribution < 1.29 is 9.59 Å². The highest BCUT2D eigenvalue weighted by Crippen LogP contribution is 2.24. The summed E-state index contributed by atoms with van der Waals surface area (Å²) in [5, 5.41) is 4.12. The van der Waals surface area contributed by atoms with Crippen LogP contribution in [-0.4, -0.2) is 34.8 Å². The molecule has 156 valence electrons. The van der Waals surface area contributed by atoms with Crippen LogP contribution in [0.15, 0.2) is 42.5 Å². The SMILES string of the molecule is Cc1c(NC(=O)CCCCc2nc3ccccc3s2)cccc1C(=O)N1CCCC1. The minimum atomic E-state index is -0.00632. The van der Waals surface area contributed by atoms with Crippen molar-refractivity contribution >= 4 is 39.1 Å². The summed E-state index contributed by atoms with van der Waals surface area (Å²) < 4.78 is 1.21. The molecule has 0 aliphatic carbocycles. The van der Waals surface area contributed by atoms with E-state index in [4.69, 9.17) is 0 Å². The monoisotopic (exact) mass is 421 g/mol. The van der Waals surface area contributed by atoms with Gasteiger partial charge in [-0.05, 0) is 68.9 Å². The van der Waals surface area contributed by atoms with E-state index in [-0.39, 0.29) is 11.8 Å². The largest absolute Gasteiger partial charge is 0.339 e. The topological polar surface area (TPSA) is 62.3 Å². The van der Waals surface area contributed by atoms with Crippen molar-refractivity contribution in [2.24, 2.45) is 0 Å². The molecule has 0 atom stereocenters. The molecule has 1 saturated heterocycles. The molecule has 2 amide bonds. The number of unbranched alkanes of at least 4 members (excludes halogenated alkanes) is 1. The van der Waals surface area contributed by atoms with E-state index in [1.54, 1.807) is 11.3 Å². The summed E-state index contributed by atoms with van der Waals surface area (Å²) in [5.74, 6) is 0.0603. The van der Waals surface area contributed by atoms with Gasteiger partial charge in [-0.3, -0.25) is 9.59 Å². The van der Waals surface area contributed by atoms with Crippen LogP contribution in [0.3, 0.4) is 0 Å². The number of para-hydroxylation sites is 1. The number of benzene rings is 2. The maximum Gasteiger partial charge on any atom is 0.254 e. The summed E-state index contributed by atoms with van der Waals surface area (Å²) >= 11 is 1.73. The fraction of sp³-hybridized carbons (Fsp3) is 0.375. The maximum atomic E-state index is 12.7. The van der Waals surface area contributed by atoms with E-state index in [1.165, 1.54) is 4.70 Å². The summed E-state index contributed by atoms with van der Waals surface area (Å²) in [5.41, 5.74) is 3.31. The molecule has 3 aromatic rings. The molecule has 30 heavy (non-hydrogen) atoms. The van der Waals surface area contributed by atoms with Crippen LogP contribution in [-0.2, 0) is 11.2 Å². The Morgan fingerprint density at radius 3 is 2.67 bits per heavy atom. The minimum Gasteiger partial charge on any atom is -0.339 e. The number of nitrogens with one attached hydrogen (secondary N) is 1. The minimum absolute atomic E-state index is 0.00632. The van der Waals surface area contributed by atoms with Crippen molar-refractivity contribution in [3.05, 3.63) is 58.6 Å². The van der Waals surface area contributed by atoms with Crippen molar-refractivity contribution in [1.82, 2.24) is 9.88 Å². The molecule has 0 radical (unpaired) electrons. The van der Waals surface area contributed by atoms with Gasteiger partial charge in [0.25, 0.3) is 5.91 Å². The lowest BCUT2D eigenvalue weighted by Crippen LogP contribution is -2.28. The highest BCUT2D eigenvalue weighted by Gasteiger charge is 2.22. The first-order valence-corrected chi connectivity index (χ1v) is 11.5. The number of thiazole rings is 1. The van der Waals surface area contributed by atoms with Crippen LogP contribution in [0.4, 0.5) is 5.69 Å². The van der Waals surface area contributed by atoms with Crippen molar-refractivity contribution in [3.8, 4) is 0 Å². The number of likely N-dealkylation sites (tertiary alicyclic amines) is 1. The van der Waals surface area contributed by atoms with E-state index in [0.29, 0.717) is 12.0 Å². The van der Waals surface area contributed by atoms with Crippen LogP contribution in [0.25, 0.3) is 10.2 Å². The first-order chi connectivity index (χ1) is 14.6. The average molecular weight is 422 g/mol. The predicted molar refractivity (Wildman–Crippen MR) is 122 cm³/mol. The first-order valence-electron chi connectivity index (χ1n) is 10.6. The third-order valence-corrected chi connectivity index (χ3v) is 6.71. The van der Waals surface area contributed by atoms with Gasteiger partial charge in [-0.25, -0.2) is 4.98 Å². The normalized spacial score (nSPS) is 13.7. The summed E-state index contributed by atoms with van der Waals surface area (Å²) in [7, 11) is 0. The van der Waals surface area contributed by atoms with Crippen LogP contribution in [0, 0.1) is 6.92 Å². The lowest BCUT2D eigenvalue weighted by Gasteiger charge is -2.18.